The van der Waals surface area contributed by atoms with E-state index in [4.69, 9.17) is 0 Å². The smallest absolute Gasteiger partial charge is 0.221 e. The second-order valence-corrected chi connectivity index (χ2v) is 6.91. The first-order chi connectivity index (χ1) is 12.2. The van der Waals surface area contributed by atoms with Crippen LogP contribution in [0.25, 0.3) is 0 Å². The fourth-order valence-electron chi connectivity index (χ4n) is 3.39. The zero-order valence-corrected chi connectivity index (χ0v) is 15.3. The Balaban J connectivity index is 2.01. The summed E-state index contributed by atoms with van der Waals surface area (Å²) in [6.07, 6.45) is 11.7. The van der Waals surface area contributed by atoms with E-state index in [1.165, 1.54) is 45.4 Å². The first-order valence-corrected chi connectivity index (χ1v) is 9.54. The van der Waals surface area contributed by atoms with Crippen molar-refractivity contribution < 1.29 is 10.0 Å². The third-order valence-electron chi connectivity index (χ3n) is 4.75. The Hall–Kier alpha value is -2.04. The molecule has 0 saturated heterocycles. The second kappa shape index (κ2) is 10.7. The van der Waals surface area contributed by atoms with E-state index in [1.807, 2.05) is 24.3 Å². The van der Waals surface area contributed by atoms with Crippen molar-refractivity contribution in [2.45, 2.75) is 77.2 Å². The highest BCUT2D eigenvalue weighted by atomic mass is 16.4. The lowest BCUT2D eigenvalue weighted by atomic mass is 9.96. The fraction of sp³-hybridized carbons (Fsp3) is 0.600. The molecule has 0 radical (unpaired) electrons. The summed E-state index contributed by atoms with van der Waals surface area (Å²) in [6, 6.07) is 7.74. The van der Waals surface area contributed by atoms with Crippen molar-refractivity contribution in [3.05, 3.63) is 24.3 Å². The summed E-state index contributed by atoms with van der Waals surface area (Å²) in [7, 11) is 0. The summed E-state index contributed by atoms with van der Waals surface area (Å²) in [5, 5.41) is 19.4. The molecule has 1 aromatic carbocycles. The van der Waals surface area contributed by atoms with Gasteiger partial charge in [0.05, 0.1) is 11.8 Å². The number of carbonyl (C=O) groups is 1. The maximum Gasteiger partial charge on any atom is 0.221 e. The molecule has 1 amide bonds. The van der Waals surface area contributed by atoms with E-state index in [0.29, 0.717) is 0 Å². The molecule has 25 heavy (non-hydrogen) atoms. The van der Waals surface area contributed by atoms with E-state index in [0.717, 1.165) is 42.8 Å². The Morgan fingerprint density at radius 2 is 1.52 bits per heavy atom. The highest BCUT2D eigenvalue weighted by molar-refractivity contribution is 5.91. The zero-order valence-electron chi connectivity index (χ0n) is 15.3. The van der Waals surface area contributed by atoms with Gasteiger partial charge in [0.1, 0.15) is 0 Å². The minimum atomic E-state index is -0.0743. The molecule has 0 aliphatic heterocycles. The highest BCUT2D eigenvalue weighted by Crippen LogP contribution is 2.20. The molecule has 1 fully saturated rings. The van der Waals surface area contributed by atoms with Crippen LogP contribution in [-0.2, 0) is 4.79 Å². The first-order valence-electron chi connectivity index (χ1n) is 9.54. The Morgan fingerprint density at radius 1 is 0.960 bits per heavy atom. The van der Waals surface area contributed by atoms with Crippen LogP contribution >= 0.6 is 0 Å². The molecule has 5 heteroatoms. The molecule has 1 aliphatic rings. The van der Waals surface area contributed by atoms with Gasteiger partial charge in [0.15, 0.2) is 0 Å². The van der Waals surface area contributed by atoms with Gasteiger partial charge in [-0.05, 0) is 43.5 Å². The van der Waals surface area contributed by atoms with Crippen molar-refractivity contribution in [3.8, 4) is 0 Å². The number of anilines is 2. The Bertz CT molecular complexity index is 555. The molecule has 1 aromatic rings. The standard InChI is InChI=1S/C20H31N3O2/c1-16(24)21-17-12-14-18(15-13-17)22-19-10-8-6-4-2-3-5-7-9-11-20(19)23-25/h12-15,19,22,25H,2-11H2,1H3,(H,21,24). The Morgan fingerprint density at radius 3 is 2.12 bits per heavy atom. The van der Waals surface area contributed by atoms with Crippen LogP contribution in [0.15, 0.2) is 29.4 Å². The van der Waals surface area contributed by atoms with E-state index < -0.39 is 0 Å². The van der Waals surface area contributed by atoms with Gasteiger partial charge < -0.3 is 15.8 Å². The highest BCUT2D eigenvalue weighted by Gasteiger charge is 2.17. The van der Waals surface area contributed by atoms with Crippen LogP contribution in [0.1, 0.15) is 71.1 Å². The number of hydrogen-bond acceptors (Lipinski definition) is 4. The predicted molar refractivity (Wildman–Crippen MR) is 104 cm³/mol. The Labute approximate surface area is 150 Å². The molecule has 0 bridgehead atoms. The number of rotatable bonds is 3. The second-order valence-electron chi connectivity index (χ2n) is 6.91. The maximum atomic E-state index is 11.1. The number of nitrogens with zero attached hydrogens (tertiary/aromatic N) is 1. The van der Waals surface area contributed by atoms with Crippen LogP contribution in [0, 0.1) is 0 Å². The molecule has 0 aromatic heterocycles. The average molecular weight is 345 g/mol. The quantitative estimate of drug-likeness (QED) is 0.522. The molecular weight excluding hydrogens is 314 g/mol. The molecule has 0 spiro atoms. The van der Waals surface area contributed by atoms with Crippen LogP contribution < -0.4 is 10.6 Å². The molecule has 1 saturated carbocycles. The van der Waals surface area contributed by atoms with Crippen LogP contribution in [0.2, 0.25) is 0 Å². The van der Waals surface area contributed by atoms with Crippen molar-refractivity contribution in [1.29, 1.82) is 0 Å². The Kier molecular flexibility index (Phi) is 8.29. The summed E-state index contributed by atoms with van der Waals surface area (Å²) in [5.74, 6) is -0.0743. The van der Waals surface area contributed by atoms with E-state index in [1.54, 1.807) is 0 Å². The summed E-state index contributed by atoms with van der Waals surface area (Å²) in [4.78, 5) is 11.1. The minimum Gasteiger partial charge on any atom is -0.411 e. The minimum absolute atomic E-state index is 0.0658. The van der Waals surface area contributed by atoms with E-state index >= 15 is 0 Å². The first kappa shape index (κ1) is 19.3. The molecule has 2 rings (SSSR count). The lowest BCUT2D eigenvalue weighted by molar-refractivity contribution is -0.114. The van der Waals surface area contributed by atoms with Gasteiger partial charge in [-0.3, -0.25) is 4.79 Å². The van der Waals surface area contributed by atoms with E-state index in [-0.39, 0.29) is 11.9 Å². The molecular formula is C20H31N3O2. The van der Waals surface area contributed by atoms with Crippen LogP contribution in [0.5, 0.6) is 0 Å². The number of benzene rings is 1. The molecule has 0 heterocycles. The van der Waals surface area contributed by atoms with Crippen molar-refractivity contribution in [2.75, 3.05) is 10.6 Å². The van der Waals surface area contributed by atoms with Gasteiger partial charge in [-0.1, -0.05) is 50.1 Å². The molecule has 5 nitrogen and oxygen atoms in total. The lowest BCUT2D eigenvalue weighted by Gasteiger charge is -2.22. The normalized spacial score (nSPS) is 21.8. The third-order valence-corrected chi connectivity index (χ3v) is 4.75. The number of hydrogen-bond donors (Lipinski definition) is 3. The van der Waals surface area contributed by atoms with Gasteiger partial charge in [0, 0.05) is 18.3 Å². The summed E-state index contributed by atoms with van der Waals surface area (Å²) in [6.45, 7) is 1.50. The molecule has 3 N–H and O–H groups in total. The number of nitrogens with one attached hydrogen (secondary N) is 2. The van der Waals surface area contributed by atoms with Crippen molar-refractivity contribution in [2.24, 2.45) is 5.16 Å². The monoisotopic (exact) mass is 345 g/mol. The summed E-state index contributed by atoms with van der Waals surface area (Å²) >= 11 is 0. The van der Waals surface area contributed by atoms with Crippen molar-refractivity contribution >= 4 is 23.0 Å². The maximum absolute atomic E-state index is 11.1. The summed E-state index contributed by atoms with van der Waals surface area (Å²) in [5.41, 5.74) is 2.62. The van der Waals surface area contributed by atoms with Gasteiger partial charge in [-0.2, -0.15) is 0 Å². The van der Waals surface area contributed by atoms with Gasteiger partial charge in [-0.15, -0.1) is 0 Å². The topological polar surface area (TPSA) is 73.7 Å². The largest absolute Gasteiger partial charge is 0.411 e. The molecule has 138 valence electrons. The molecule has 1 atom stereocenters. The average Bonchev–Trinajstić information content (AvgIpc) is 2.58. The van der Waals surface area contributed by atoms with Gasteiger partial charge >= 0.3 is 0 Å². The van der Waals surface area contributed by atoms with Crippen molar-refractivity contribution in [1.82, 2.24) is 0 Å². The lowest BCUT2D eigenvalue weighted by Crippen LogP contribution is -2.30. The molecule has 1 unspecified atom stereocenters. The number of oxime groups is 1. The third kappa shape index (κ3) is 7.16. The van der Waals surface area contributed by atoms with E-state index in [2.05, 4.69) is 15.8 Å². The summed E-state index contributed by atoms with van der Waals surface area (Å²) < 4.78 is 0. The SMILES string of the molecule is CC(=O)Nc1ccc(NC2CCCCCCCCCCC2=NO)cc1. The van der Waals surface area contributed by atoms with Gasteiger partial charge in [0.25, 0.3) is 0 Å². The predicted octanol–water partition coefficient (Wildman–Crippen LogP) is 5.17. The van der Waals surface area contributed by atoms with Crippen LogP contribution in [0.4, 0.5) is 11.4 Å². The fourth-order valence-corrected chi connectivity index (χ4v) is 3.39. The number of carbonyl (C=O) groups excluding carboxylic acids is 1. The molecule has 1 aliphatic carbocycles. The van der Waals surface area contributed by atoms with E-state index in [9.17, 15) is 10.0 Å². The van der Waals surface area contributed by atoms with Crippen LogP contribution in [0.3, 0.4) is 0 Å². The van der Waals surface area contributed by atoms with Gasteiger partial charge in [-0.25, -0.2) is 0 Å². The number of amides is 1. The van der Waals surface area contributed by atoms with Crippen LogP contribution in [-0.4, -0.2) is 22.9 Å². The van der Waals surface area contributed by atoms with Crippen molar-refractivity contribution in [3.63, 3.8) is 0 Å². The zero-order chi connectivity index (χ0) is 17.9. The van der Waals surface area contributed by atoms with Gasteiger partial charge in [0.2, 0.25) is 5.91 Å².